The summed E-state index contributed by atoms with van der Waals surface area (Å²) in [5, 5.41) is 9.88. The van der Waals surface area contributed by atoms with Crippen LogP contribution in [0.3, 0.4) is 0 Å². The fourth-order valence-corrected chi connectivity index (χ4v) is 3.20. The molecular formula is C14H9F3IN3O3S. The van der Waals surface area contributed by atoms with Crippen LogP contribution in [-0.2, 0) is 20.5 Å². The maximum absolute atomic E-state index is 12.8. The van der Waals surface area contributed by atoms with Gasteiger partial charge < -0.3 is 4.74 Å². The normalized spacial score (nSPS) is 18.2. The number of halogens is 4. The molecular weight excluding hydrogens is 474 g/mol. The van der Waals surface area contributed by atoms with Gasteiger partial charge in [0.15, 0.2) is 5.17 Å². The van der Waals surface area contributed by atoms with Gasteiger partial charge in [-0.25, -0.2) is 4.79 Å². The van der Waals surface area contributed by atoms with Gasteiger partial charge in [0.05, 0.1) is 23.8 Å². The van der Waals surface area contributed by atoms with E-state index in [9.17, 15) is 22.8 Å². The molecule has 0 bridgehead atoms. The van der Waals surface area contributed by atoms with Crippen molar-refractivity contribution < 1.29 is 27.5 Å². The second-order valence-corrected chi connectivity index (χ2v) is 6.55. The highest BCUT2D eigenvalue weighted by Crippen LogP contribution is 2.33. The number of esters is 1. The topological polar surface area (TPSA) is 80.1 Å². The molecule has 1 N–H and O–H groups in total. The number of ether oxygens (including phenoxy) is 1. The molecule has 132 valence electrons. The zero-order valence-corrected chi connectivity index (χ0v) is 15.4. The van der Waals surface area contributed by atoms with Gasteiger partial charge in [-0.15, -0.1) is 5.10 Å². The van der Waals surface area contributed by atoms with Gasteiger partial charge in [-0.1, -0.05) is 12.1 Å². The highest BCUT2D eigenvalue weighted by Gasteiger charge is 2.33. The molecule has 0 aromatic heterocycles. The Morgan fingerprint density at radius 2 is 2.12 bits per heavy atom. The molecule has 1 fully saturated rings. The summed E-state index contributed by atoms with van der Waals surface area (Å²) >= 11 is 2.45. The third kappa shape index (κ3) is 5.04. The number of hydrogen-bond acceptors (Lipinski definition) is 6. The molecule has 1 amide bonds. The van der Waals surface area contributed by atoms with E-state index in [0.717, 1.165) is 30.1 Å². The van der Waals surface area contributed by atoms with Crippen molar-refractivity contribution in [3.05, 3.63) is 43.9 Å². The Morgan fingerprint density at radius 1 is 1.40 bits per heavy atom. The molecule has 25 heavy (non-hydrogen) atoms. The van der Waals surface area contributed by atoms with Gasteiger partial charge >= 0.3 is 12.1 Å². The van der Waals surface area contributed by atoms with Crippen molar-refractivity contribution in [2.75, 3.05) is 7.11 Å². The number of amides is 1. The predicted octanol–water partition coefficient (Wildman–Crippen LogP) is 2.92. The Kier molecular flexibility index (Phi) is 6.21. The van der Waals surface area contributed by atoms with Crippen LogP contribution in [0.5, 0.6) is 0 Å². The van der Waals surface area contributed by atoms with Crippen molar-refractivity contribution in [1.29, 1.82) is 0 Å². The van der Waals surface area contributed by atoms with Gasteiger partial charge in [0.25, 0.3) is 5.91 Å². The van der Waals surface area contributed by atoms with Crippen LogP contribution >= 0.6 is 34.4 Å². The predicted molar refractivity (Wildman–Crippen MR) is 95.0 cm³/mol. The minimum absolute atomic E-state index is 0.00839. The van der Waals surface area contributed by atoms with E-state index in [1.165, 1.54) is 19.2 Å². The lowest BCUT2D eigenvalue weighted by Gasteiger charge is -2.10. The number of nitrogens with zero attached hydrogens (tertiary/aromatic N) is 2. The van der Waals surface area contributed by atoms with Crippen LogP contribution < -0.4 is 5.32 Å². The third-order valence-corrected chi connectivity index (χ3v) is 4.88. The van der Waals surface area contributed by atoms with E-state index < -0.39 is 23.6 Å². The molecule has 1 saturated heterocycles. The highest BCUT2D eigenvalue weighted by molar-refractivity contribution is 14.1. The van der Waals surface area contributed by atoms with Gasteiger partial charge in [0.1, 0.15) is 0 Å². The molecule has 6 nitrogen and oxygen atoms in total. The third-order valence-electron chi connectivity index (χ3n) is 2.78. The number of amidine groups is 1. The first-order chi connectivity index (χ1) is 11.7. The maximum atomic E-state index is 12.8. The Balaban J connectivity index is 2.17. The Bertz CT molecular complexity index is 806. The van der Waals surface area contributed by atoms with Gasteiger partial charge in [-0.3, -0.25) is 10.1 Å². The zero-order valence-electron chi connectivity index (χ0n) is 12.4. The van der Waals surface area contributed by atoms with E-state index in [1.807, 2.05) is 0 Å². The lowest BCUT2D eigenvalue weighted by atomic mass is 10.1. The van der Waals surface area contributed by atoms with Crippen LogP contribution in [0.1, 0.15) is 11.1 Å². The van der Waals surface area contributed by atoms with Crippen LogP contribution in [0.15, 0.2) is 39.4 Å². The Morgan fingerprint density at radius 3 is 2.76 bits per heavy atom. The average molecular weight is 483 g/mol. The van der Waals surface area contributed by atoms with Crippen molar-refractivity contribution in [2.24, 2.45) is 10.2 Å². The molecule has 1 aliphatic rings. The van der Waals surface area contributed by atoms with Gasteiger partial charge in [-0.2, -0.15) is 18.3 Å². The SMILES string of the molecule is COC(=O)/C=C1/S/C(=N\N=Cc2cccc(C(F)(F)F)c2I)NC1=O. The second-order valence-electron chi connectivity index (χ2n) is 4.44. The molecule has 11 heteroatoms. The van der Waals surface area contributed by atoms with Gasteiger partial charge in [0, 0.05) is 15.2 Å². The summed E-state index contributed by atoms with van der Waals surface area (Å²) in [4.78, 5) is 22.8. The van der Waals surface area contributed by atoms with E-state index >= 15 is 0 Å². The second kappa shape index (κ2) is 7.99. The summed E-state index contributed by atoms with van der Waals surface area (Å²) in [5.74, 6) is -1.24. The molecule has 0 saturated carbocycles. The number of hydrogen-bond donors (Lipinski definition) is 1. The monoisotopic (exact) mass is 483 g/mol. The van der Waals surface area contributed by atoms with E-state index in [1.54, 1.807) is 22.6 Å². The van der Waals surface area contributed by atoms with Crippen LogP contribution in [0.25, 0.3) is 0 Å². The molecule has 0 atom stereocenters. The minimum Gasteiger partial charge on any atom is -0.466 e. The molecule has 1 heterocycles. The number of thioether (sulfide) groups is 1. The summed E-state index contributed by atoms with van der Waals surface area (Å²) < 4.78 is 42.9. The van der Waals surface area contributed by atoms with Crippen molar-refractivity contribution in [1.82, 2.24) is 5.32 Å². The molecule has 2 rings (SSSR count). The quantitative estimate of drug-likeness (QED) is 0.236. The first kappa shape index (κ1) is 19.4. The summed E-state index contributed by atoms with van der Waals surface area (Å²) in [6.07, 6.45) is -2.31. The van der Waals surface area contributed by atoms with E-state index in [-0.39, 0.29) is 19.2 Å². The van der Waals surface area contributed by atoms with E-state index in [2.05, 4.69) is 20.3 Å². The fraction of sp³-hybridized carbons (Fsp3) is 0.143. The van der Waals surface area contributed by atoms with Crippen LogP contribution in [-0.4, -0.2) is 30.4 Å². The summed E-state index contributed by atoms with van der Waals surface area (Å²) in [7, 11) is 1.17. The van der Waals surface area contributed by atoms with Crippen molar-refractivity contribution in [2.45, 2.75) is 6.18 Å². The Labute approximate surface area is 157 Å². The van der Waals surface area contributed by atoms with E-state index in [4.69, 9.17) is 0 Å². The molecule has 0 spiro atoms. The zero-order chi connectivity index (χ0) is 18.6. The molecule has 0 radical (unpaired) electrons. The lowest BCUT2D eigenvalue weighted by molar-refractivity contribution is -0.138. The van der Waals surface area contributed by atoms with Crippen LogP contribution in [0.4, 0.5) is 13.2 Å². The van der Waals surface area contributed by atoms with Crippen LogP contribution in [0.2, 0.25) is 0 Å². The maximum Gasteiger partial charge on any atom is 0.417 e. The number of nitrogens with one attached hydrogen (secondary N) is 1. The fourth-order valence-electron chi connectivity index (χ4n) is 1.65. The van der Waals surface area contributed by atoms with Crippen molar-refractivity contribution in [3.63, 3.8) is 0 Å². The van der Waals surface area contributed by atoms with Crippen LogP contribution in [0, 0.1) is 3.57 Å². The molecule has 0 unspecified atom stereocenters. The number of rotatable bonds is 3. The number of alkyl halides is 3. The molecule has 1 aromatic carbocycles. The molecule has 1 aromatic rings. The summed E-state index contributed by atoms with van der Waals surface area (Å²) in [6, 6.07) is 3.70. The standard InChI is InChI=1S/C14H9F3IN3O3S/c1-24-10(22)5-9-12(23)20-13(25-9)21-19-6-7-3-2-4-8(11(7)18)14(15,16)17/h2-6H,1H3,(H,20,21,23)/b9-5+,19-6?. The summed E-state index contributed by atoms with van der Waals surface area (Å²) in [5.41, 5.74) is -0.532. The number of carbonyl (C=O) groups is 2. The van der Waals surface area contributed by atoms with Gasteiger partial charge in [-0.05, 0) is 40.4 Å². The highest BCUT2D eigenvalue weighted by atomic mass is 127. The van der Waals surface area contributed by atoms with Crippen molar-refractivity contribution in [3.8, 4) is 0 Å². The first-order valence-electron chi connectivity index (χ1n) is 6.48. The largest absolute Gasteiger partial charge is 0.466 e. The summed E-state index contributed by atoms with van der Waals surface area (Å²) in [6.45, 7) is 0. The number of methoxy groups -OCH3 is 1. The smallest absolute Gasteiger partial charge is 0.417 e. The minimum atomic E-state index is -4.46. The van der Waals surface area contributed by atoms with Crippen molar-refractivity contribution >= 4 is 57.6 Å². The molecule has 0 aliphatic carbocycles. The molecule has 1 aliphatic heterocycles. The van der Waals surface area contributed by atoms with Gasteiger partial charge in [0.2, 0.25) is 0 Å². The first-order valence-corrected chi connectivity index (χ1v) is 8.37. The average Bonchev–Trinajstić information content (AvgIpc) is 2.87. The number of benzene rings is 1. The number of carbonyl (C=O) groups excluding carboxylic acids is 2. The lowest BCUT2D eigenvalue weighted by Crippen LogP contribution is -2.19. The Hall–Kier alpha value is -1.89. The van der Waals surface area contributed by atoms with E-state index in [0.29, 0.717) is 0 Å².